The molecule has 0 radical (unpaired) electrons. The molecular formula is C12H17N5O2. The van der Waals surface area contributed by atoms with Crippen LogP contribution in [0.5, 0.6) is 0 Å². The van der Waals surface area contributed by atoms with E-state index in [9.17, 15) is 9.59 Å². The van der Waals surface area contributed by atoms with Gasteiger partial charge in [-0.15, -0.1) is 0 Å². The summed E-state index contributed by atoms with van der Waals surface area (Å²) in [6.07, 6.45) is 0. The first-order chi connectivity index (χ1) is 9.15. The third kappa shape index (κ3) is 2.21. The van der Waals surface area contributed by atoms with Gasteiger partial charge < -0.3 is 15.1 Å². The van der Waals surface area contributed by atoms with Gasteiger partial charge in [-0.05, 0) is 7.05 Å². The van der Waals surface area contributed by atoms with E-state index in [1.54, 1.807) is 15.6 Å². The standard InChI is InChI=1S/C12H17N5O2/c1-15-4-6-16(7-5-15)12(19)9-8-10-11(18)13-2-3-17(10)14-9/h8H,2-7H2,1H3,(H,13,18). The maximum Gasteiger partial charge on any atom is 0.274 e. The monoisotopic (exact) mass is 263 g/mol. The number of likely N-dealkylation sites (N-methyl/N-ethyl adjacent to an activating group) is 1. The van der Waals surface area contributed by atoms with Gasteiger partial charge in [0.15, 0.2) is 5.69 Å². The molecule has 102 valence electrons. The predicted molar refractivity (Wildman–Crippen MR) is 68.0 cm³/mol. The van der Waals surface area contributed by atoms with E-state index >= 15 is 0 Å². The lowest BCUT2D eigenvalue weighted by atomic mass is 10.2. The minimum atomic E-state index is -0.156. The molecule has 3 rings (SSSR count). The molecule has 1 aromatic rings. The summed E-state index contributed by atoms with van der Waals surface area (Å²) in [5, 5.41) is 6.99. The van der Waals surface area contributed by atoms with Crippen LogP contribution in [0.3, 0.4) is 0 Å². The summed E-state index contributed by atoms with van der Waals surface area (Å²) in [4.78, 5) is 28.0. The molecule has 2 aliphatic heterocycles. The van der Waals surface area contributed by atoms with Crippen LogP contribution in [0.2, 0.25) is 0 Å². The van der Waals surface area contributed by atoms with Crippen molar-refractivity contribution in [1.29, 1.82) is 0 Å². The van der Waals surface area contributed by atoms with Crippen molar-refractivity contribution in [2.75, 3.05) is 39.8 Å². The zero-order valence-corrected chi connectivity index (χ0v) is 10.9. The molecule has 0 aromatic carbocycles. The Balaban J connectivity index is 1.79. The summed E-state index contributed by atoms with van der Waals surface area (Å²) in [6.45, 7) is 4.36. The molecule has 2 amide bonds. The minimum absolute atomic E-state index is 0.0807. The summed E-state index contributed by atoms with van der Waals surface area (Å²) >= 11 is 0. The van der Waals surface area contributed by atoms with Crippen LogP contribution in [0.1, 0.15) is 21.0 Å². The van der Waals surface area contributed by atoms with Crippen LogP contribution in [0.25, 0.3) is 0 Å². The molecule has 1 N–H and O–H groups in total. The summed E-state index contributed by atoms with van der Waals surface area (Å²) in [5.41, 5.74) is 0.848. The largest absolute Gasteiger partial charge is 0.349 e. The Labute approximate surface area is 111 Å². The van der Waals surface area contributed by atoms with Crippen LogP contribution in [0, 0.1) is 0 Å². The number of piperazine rings is 1. The fourth-order valence-electron chi connectivity index (χ4n) is 2.41. The van der Waals surface area contributed by atoms with Gasteiger partial charge in [-0.3, -0.25) is 14.3 Å². The number of carbonyl (C=O) groups is 2. The fourth-order valence-corrected chi connectivity index (χ4v) is 2.41. The summed E-state index contributed by atoms with van der Waals surface area (Å²) in [7, 11) is 2.04. The maximum atomic E-state index is 12.3. The second-order valence-corrected chi connectivity index (χ2v) is 4.99. The van der Waals surface area contributed by atoms with Crippen LogP contribution < -0.4 is 5.32 Å². The lowest BCUT2D eigenvalue weighted by Crippen LogP contribution is -2.47. The van der Waals surface area contributed by atoms with E-state index in [0.29, 0.717) is 37.6 Å². The van der Waals surface area contributed by atoms with E-state index in [0.717, 1.165) is 13.1 Å². The number of aromatic nitrogens is 2. The highest BCUT2D eigenvalue weighted by atomic mass is 16.2. The van der Waals surface area contributed by atoms with Crippen LogP contribution in [0.4, 0.5) is 0 Å². The van der Waals surface area contributed by atoms with Gasteiger partial charge in [-0.2, -0.15) is 5.10 Å². The zero-order chi connectivity index (χ0) is 13.4. The van der Waals surface area contributed by atoms with Gasteiger partial charge in [-0.1, -0.05) is 0 Å². The highest BCUT2D eigenvalue weighted by molar-refractivity contribution is 5.98. The van der Waals surface area contributed by atoms with Crippen molar-refractivity contribution in [3.63, 3.8) is 0 Å². The Morgan fingerprint density at radius 1 is 1.26 bits per heavy atom. The van der Waals surface area contributed by atoms with Crippen molar-refractivity contribution in [2.24, 2.45) is 0 Å². The van der Waals surface area contributed by atoms with Gasteiger partial charge in [0.1, 0.15) is 5.69 Å². The van der Waals surface area contributed by atoms with E-state index in [4.69, 9.17) is 0 Å². The molecule has 7 heteroatoms. The Morgan fingerprint density at radius 3 is 2.68 bits per heavy atom. The molecule has 0 atom stereocenters. The first kappa shape index (κ1) is 12.2. The van der Waals surface area contributed by atoms with Gasteiger partial charge in [0, 0.05) is 38.8 Å². The number of nitrogens with zero attached hydrogens (tertiary/aromatic N) is 4. The lowest BCUT2D eigenvalue weighted by molar-refractivity contribution is 0.0657. The van der Waals surface area contributed by atoms with Gasteiger partial charge >= 0.3 is 0 Å². The van der Waals surface area contributed by atoms with Gasteiger partial charge in [0.05, 0.1) is 6.54 Å². The van der Waals surface area contributed by atoms with E-state index in [-0.39, 0.29) is 11.8 Å². The van der Waals surface area contributed by atoms with Crippen molar-refractivity contribution < 1.29 is 9.59 Å². The fraction of sp³-hybridized carbons (Fsp3) is 0.583. The molecule has 3 heterocycles. The average Bonchev–Trinajstić information content (AvgIpc) is 2.84. The van der Waals surface area contributed by atoms with Gasteiger partial charge in [0.25, 0.3) is 11.8 Å². The molecule has 7 nitrogen and oxygen atoms in total. The first-order valence-corrected chi connectivity index (χ1v) is 6.49. The number of hydrogen-bond acceptors (Lipinski definition) is 4. The van der Waals surface area contributed by atoms with E-state index in [1.165, 1.54) is 0 Å². The molecule has 0 unspecified atom stereocenters. The Bertz CT molecular complexity index is 516. The van der Waals surface area contributed by atoms with Crippen molar-refractivity contribution >= 4 is 11.8 Å². The molecule has 0 saturated carbocycles. The normalized spacial score (nSPS) is 20.1. The maximum absolute atomic E-state index is 12.3. The summed E-state index contributed by atoms with van der Waals surface area (Å²) < 4.78 is 1.61. The molecule has 0 spiro atoms. The summed E-state index contributed by atoms with van der Waals surface area (Å²) in [5.74, 6) is -0.237. The first-order valence-electron chi connectivity index (χ1n) is 6.49. The highest BCUT2D eigenvalue weighted by Crippen LogP contribution is 2.11. The number of carbonyl (C=O) groups excluding carboxylic acids is 2. The lowest BCUT2D eigenvalue weighted by Gasteiger charge is -2.31. The third-order valence-corrected chi connectivity index (χ3v) is 3.63. The van der Waals surface area contributed by atoms with E-state index < -0.39 is 0 Å². The average molecular weight is 263 g/mol. The van der Waals surface area contributed by atoms with Gasteiger partial charge in [0.2, 0.25) is 0 Å². The zero-order valence-electron chi connectivity index (χ0n) is 10.9. The molecule has 0 aliphatic carbocycles. The smallest absolute Gasteiger partial charge is 0.274 e. The van der Waals surface area contributed by atoms with Crippen molar-refractivity contribution in [1.82, 2.24) is 24.9 Å². The minimum Gasteiger partial charge on any atom is -0.349 e. The second kappa shape index (κ2) is 4.65. The molecule has 1 aromatic heterocycles. The summed E-state index contributed by atoms with van der Waals surface area (Å²) in [6, 6.07) is 1.59. The second-order valence-electron chi connectivity index (χ2n) is 4.99. The van der Waals surface area contributed by atoms with Crippen LogP contribution in [-0.2, 0) is 6.54 Å². The molecule has 1 fully saturated rings. The Morgan fingerprint density at radius 2 is 2.00 bits per heavy atom. The Kier molecular flexibility index (Phi) is 2.98. The molecule has 19 heavy (non-hydrogen) atoms. The molecule has 0 bridgehead atoms. The quantitative estimate of drug-likeness (QED) is 0.706. The van der Waals surface area contributed by atoms with Crippen LogP contribution in [0.15, 0.2) is 6.07 Å². The number of fused-ring (bicyclic) bond motifs is 1. The topological polar surface area (TPSA) is 70.5 Å². The van der Waals surface area contributed by atoms with Crippen LogP contribution in [-0.4, -0.2) is 71.2 Å². The van der Waals surface area contributed by atoms with Crippen molar-refractivity contribution in [3.8, 4) is 0 Å². The van der Waals surface area contributed by atoms with E-state index in [2.05, 4.69) is 15.3 Å². The highest BCUT2D eigenvalue weighted by Gasteiger charge is 2.26. The predicted octanol–water partition coefficient (Wildman–Crippen LogP) is -0.986. The van der Waals surface area contributed by atoms with E-state index in [1.807, 2.05) is 7.05 Å². The third-order valence-electron chi connectivity index (χ3n) is 3.63. The molecule has 1 saturated heterocycles. The van der Waals surface area contributed by atoms with Crippen molar-refractivity contribution in [2.45, 2.75) is 6.54 Å². The number of amides is 2. The number of rotatable bonds is 1. The number of hydrogen-bond donors (Lipinski definition) is 1. The van der Waals surface area contributed by atoms with Gasteiger partial charge in [-0.25, -0.2) is 0 Å². The Hall–Kier alpha value is -1.89. The van der Waals surface area contributed by atoms with Crippen molar-refractivity contribution in [3.05, 3.63) is 17.5 Å². The molecule has 2 aliphatic rings. The van der Waals surface area contributed by atoms with Crippen LogP contribution >= 0.6 is 0 Å². The molecular weight excluding hydrogens is 246 g/mol. The SMILES string of the molecule is CN1CCN(C(=O)c2cc3n(n2)CCNC3=O)CC1. The number of nitrogens with one attached hydrogen (secondary N) is 1.